The molecule has 0 radical (unpaired) electrons. The van der Waals surface area contributed by atoms with Crippen molar-refractivity contribution in [2.24, 2.45) is 0 Å². The van der Waals surface area contributed by atoms with Gasteiger partial charge in [0.15, 0.2) is 0 Å². The maximum Gasteiger partial charge on any atom is 0.234 e. The first-order valence-corrected chi connectivity index (χ1v) is 6.92. The Labute approximate surface area is 111 Å². The lowest BCUT2D eigenvalue weighted by atomic mass is 10.2. The summed E-state index contributed by atoms with van der Waals surface area (Å²) in [5.74, 6) is 0.404. The molecule has 0 aliphatic rings. The molecule has 94 valence electrons. The van der Waals surface area contributed by atoms with E-state index in [1.165, 1.54) is 0 Å². The van der Waals surface area contributed by atoms with E-state index < -0.39 is 0 Å². The topological polar surface area (TPSA) is 55.1 Å². The van der Waals surface area contributed by atoms with Crippen LogP contribution in [0, 0.1) is 0 Å². The van der Waals surface area contributed by atoms with E-state index in [0.29, 0.717) is 27.4 Å². The zero-order chi connectivity index (χ0) is 12.8. The van der Waals surface area contributed by atoms with Crippen LogP contribution in [0.25, 0.3) is 0 Å². The predicted molar refractivity (Wildman–Crippen MR) is 76.7 cm³/mol. The summed E-state index contributed by atoms with van der Waals surface area (Å²) in [5.41, 5.74) is 6.85. The number of nitrogens with one attached hydrogen (secondary N) is 1. The number of hydrogen-bond acceptors (Lipinski definition) is 3. The highest BCUT2D eigenvalue weighted by Crippen LogP contribution is 2.23. The average Bonchev–Trinajstić information content (AvgIpc) is 2.29. The number of rotatable bonds is 5. The van der Waals surface area contributed by atoms with Gasteiger partial charge in [-0.3, -0.25) is 4.79 Å². The van der Waals surface area contributed by atoms with E-state index >= 15 is 0 Å². The number of thioether (sulfide) groups is 1. The number of carbonyl (C=O) groups is 1. The summed E-state index contributed by atoms with van der Waals surface area (Å²) in [5, 5.41) is 3.83. The Kier molecular flexibility index (Phi) is 5.65. The molecule has 0 saturated carbocycles. The maximum atomic E-state index is 11.6. The lowest BCUT2D eigenvalue weighted by Gasteiger charge is -2.10. The summed E-state index contributed by atoms with van der Waals surface area (Å²) in [6.45, 7) is 4.21. The number of nitrogens with two attached hydrogens (primary N) is 1. The minimum atomic E-state index is -0.0377. The highest BCUT2D eigenvalue weighted by atomic mass is 35.5. The zero-order valence-electron chi connectivity index (χ0n) is 10.00. The highest BCUT2D eigenvalue weighted by Gasteiger charge is 2.07. The molecule has 0 saturated heterocycles. The summed E-state index contributed by atoms with van der Waals surface area (Å²) in [6.07, 6.45) is 1.06. The molecule has 1 unspecified atom stereocenters. The smallest absolute Gasteiger partial charge is 0.234 e. The van der Waals surface area contributed by atoms with Gasteiger partial charge in [-0.2, -0.15) is 0 Å². The van der Waals surface area contributed by atoms with Gasteiger partial charge in [0.1, 0.15) is 0 Å². The third-order valence-corrected chi connectivity index (χ3v) is 3.93. The van der Waals surface area contributed by atoms with E-state index in [1.807, 2.05) is 0 Å². The van der Waals surface area contributed by atoms with E-state index in [2.05, 4.69) is 19.2 Å². The number of benzene rings is 1. The van der Waals surface area contributed by atoms with Crippen molar-refractivity contribution in [1.82, 2.24) is 0 Å². The second kappa shape index (κ2) is 6.77. The third-order valence-electron chi connectivity index (χ3n) is 2.36. The fraction of sp³-hybridized carbons (Fsp3) is 0.417. The number of halogens is 1. The molecule has 1 atom stereocenters. The standard InChI is InChI=1S/C12H17ClN2OS/c1-3-8(2)17-7-12(16)15-11-5-4-9(13)6-10(11)14/h4-6,8H,3,7,14H2,1-2H3,(H,15,16). The van der Waals surface area contributed by atoms with E-state index in [4.69, 9.17) is 17.3 Å². The minimum Gasteiger partial charge on any atom is -0.397 e. The number of carbonyl (C=O) groups excluding carboxylic acids is 1. The van der Waals surface area contributed by atoms with Crippen LogP contribution in [-0.4, -0.2) is 16.9 Å². The van der Waals surface area contributed by atoms with Crippen LogP contribution < -0.4 is 11.1 Å². The molecule has 5 heteroatoms. The van der Waals surface area contributed by atoms with Gasteiger partial charge < -0.3 is 11.1 Å². The monoisotopic (exact) mass is 272 g/mol. The molecular weight excluding hydrogens is 256 g/mol. The van der Waals surface area contributed by atoms with Gasteiger partial charge in [-0.15, -0.1) is 11.8 Å². The molecule has 0 heterocycles. The molecule has 17 heavy (non-hydrogen) atoms. The molecule has 0 aromatic heterocycles. The minimum absolute atomic E-state index is 0.0377. The van der Waals surface area contributed by atoms with Crippen molar-refractivity contribution in [1.29, 1.82) is 0 Å². The van der Waals surface area contributed by atoms with Crippen LogP contribution >= 0.6 is 23.4 Å². The van der Waals surface area contributed by atoms with Crippen LogP contribution in [-0.2, 0) is 4.79 Å². The van der Waals surface area contributed by atoms with Crippen molar-refractivity contribution >= 4 is 40.6 Å². The number of hydrogen-bond donors (Lipinski definition) is 2. The second-order valence-electron chi connectivity index (χ2n) is 3.81. The maximum absolute atomic E-state index is 11.6. The average molecular weight is 273 g/mol. The number of amides is 1. The molecule has 0 aliphatic carbocycles. The number of nitrogen functional groups attached to an aromatic ring is 1. The molecule has 3 nitrogen and oxygen atoms in total. The summed E-state index contributed by atoms with van der Waals surface area (Å²) >= 11 is 7.41. The molecule has 3 N–H and O–H groups in total. The molecule has 1 aromatic rings. The molecule has 0 bridgehead atoms. The van der Waals surface area contributed by atoms with Gasteiger partial charge in [0.2, 0.25) is 5.91 Å². The highest BCUT2D eigenvalue weighted by molar-refractivity contribution is 8.00. The Morgan fingerprint density at radius 3 is 2.88 bits per heavy atom. The largest absolute Gasteiger partial charge is 0.397 e. The Hall–Kier alpha value is -0.870. The summed E-state index contributed by atoms with van der Waals surface area (Å²) in [7, 11) is 0. The van der Waals surface area contributed by atoms with Gasteiger partial charge in [0.05, 0.1) is 17.1 Å². The molecule has 1 amide bonds. The Morgan fingerprint density at radius 1 is 1.59 bits per heavy atom. The molecule has 1 rings (SSSR count). The SMILES string of the molecule is CCC(C)SCC(=O)Nc1ccc(Cl)cc1N. The molecular formula is C12H17ClN2OS. The van der Waals surface area contributed by atoms with E-state index in [-0.39, 0.29) is 5.91 Å². The number of anilines is 2. The zero-order valence-corrected chi connectivity index (χ0v) is 11.6. The second-order valence-corrected chi connectivity index (χ2v) is 5.67. The Balaban J connectivity index is 2.50. The van der Waals surface area contributed by atoms with Crippen LogP contribution in [0.15, 0.2) is 18.2 Å². The third kappa shape index (κ3) is 4.88. The van der Waals surface area contributed by atoms with Gasteiger partial charge in [-0.05, 0) is 24.6 Å². The molecule has 0 spiro atoms. The lowest BCUT2D eigenvalue weighted by Crippen LogP contribution is -2.16. The van der Waals surface area contributed by atoms with Crippen molar-refractivity contribution in [3.63, 3.8) is 0 Å². The van der Waals surface area contributed by atoms with Crippen molar-refractivity contribution < 1.29 is 4.79 Å². The fourth-order valence-electron chi connectivity index (χ4n) is 1.17. The van der Waals surface area contributed by atoms with E-state index in [9.17, 15) is 4.79 Å². The quantitative estimate of drug-likeness (QED) is 0.808. The van der Waals surface area contributed by atoms with Gasteiger partial charge in [-0.1, -0.05) is 25.4 Å². The van der Waals surface area contributed by atoms with Crippen LogP contribution in [0.5, 0.6) is 0 Å². The van der Waals surface area contributed by atoms with E-state index in [0.717, 1.165) is 6.42 Å². The van der Waals surface area contributed by atoms with E-state index in [1.54, 1.807) is 30.0 Å². The van der Waals surface area contributed by atoms with Crippen LogP contribution in [0.3, 0.4) is 0 Å². The van der Waals surface area contributed by atoms with Crippen molar-refractivity contribution in [3.05, 3.63) is 23.2 Å². The van der Waals surface area contributed by atoms with Crippen molar-refractivity contribution in [2.45, 2.75) is 25.5 Å². The van der Waals surface area contributed by atoms with Crippen LogP contribution in [0.2, 0.25) is 5.02 Å². The summed E-state index contributed by atoms with van der Waals surface area (Å²) in [6, 6.07) is 5.04. The molecule has 0 aliphatic heterocycles. The first-order valence-electron chi connectivity index (χ1n) is 5.49. The van der Waals surface area contributed by atoms with Gasteiger partial charge in [-0.25, -0.2) is 0 Å². The van der Waals surface area contributed by atoms with Gasteiger partial charge in [0.25, 0.3) is 0 Å². The molecule has 1 aromatic carbocycles. The van der Waals surface area contributed by atoms with Gasteiger partial charge in [0, 0.05) is 10.3 Å². The van der Waals surface area contributed by atoms with Crippen LogP contribution in [0.4, 0.5) is 11.4 Å². The summed E-state index contributed by atoms with van der Waals surface area (Å²) < 4.78 is 0. The Morgan fingerprint density at radius 2 is 2.29 bits per heavy atom. The Bertz CT molecular complexity index is 398. The first kappa shape index (κ1) is 14.2. The molecule has 0 fully saturated rings. The summed E-state index contributed by atoms with van der Waals surface area (Å²) in [4.78, 5) is 11.6. The first-order chi connectivity index (χ1) is 8.02. The lowest BCUT2D eigenvalue weighted by molar-refractivity contribution is -0.113. The van der Waals surface area contributed by atoms with Gasteiger partial charge >= 0.3 is 0 Å². The van der Waals surface area contributed by atoms with Crippen molar-refractivity contribution in [2.75, 3.05) is 16.8 Å². The predicted octanol–water partition coefficient (Wildman–Crippen LogP) is 3.39. The van der Waals surface area contributed by atoms with Crippen LogP contribution in [0.1, 0.15) is 20.3 Å². The normalized spacial score (nSPS) is 12.2. The fourth-order valence-corrected chi connectivity index (χ4v) is 2.09. The van der Waals surface area contributed by atoms with Crippen molar-refractivity contribution in [3.8, 4) is 0 Å².